The maximum atomic E-state index is 10.9. The van der Waals surface area contributed by atoms with Crippen LogP contribution in [0.3, 0.4) is 0 Å². The summed E-state index contributed by atoms with van der Waals surface area (Å²) in [5, 5.41) is 30.3. The Labute approximate surface area is 109 Å². The third kappa shape index (κ3) is 2.04. The molecule has 0 spiro atoms. The van der Waals surface area contributed by atoms with Crippen molar-refractivity contribution in [2.45, 2.75) is 51.7 Å². The predicted molar refractivity (Wildman–Crippen MR) is 71.0 cm³/mol. The van der Waals surface area contributed by atoms with Gasteiger partial charge in [-0.1, -0.05) is 31.6 Å². The van der Waals surface area contributed by atoms with Crippen LogP contribution in [0.1, 0.15) is 40.0 Å². The van der Waals surface area contributed by atoms with E-state index in [-0.39, 0.29) is 17.9 Å². The standard InChI is InChI=1S/C15H24O3/c1-10-4-5-15(18)13(8-14(15,2)3)11(9-16)7-12(17)6-10/h6-7,12-13,16-18H,4-5,8-9H2,1-3H3/b10-6-,11-7-. The molecule has 3 atom stereocenters. The molecule has 0 saturated heterocycles. The quantitative estimate of drug-likeness (QED) is 0.623. The molecule has 3 heteroatoms. The third-order valence-electron chi connectivity index (χ3n) is 4.83. The van der Waals surface area contributed by atoms with Crippen LogP contribution in [0.4, 0.5) is 0 Å². The number of hydrogen-bond donors (Lipinski definition) is 3. The molecule has 0 bridgehead atoms. The van der Waals surface area contributed by atoms with E-state index in [0.29, 0.717) is 6.42 Å². The Bertz CT molecular complexity index is 395. The predicted octanol–water partition coefficient (Wildman–Crippen LogP) is 1.78. The van der Waals surface area contributed by atoms with E-state index in [1.165, 1.54) is 0 Å². The largest absolute Gasteiger partial charge is 0.392 e. The molecule has 1 fully saturated rings. The van der Waals surface area contributed by atoms with Crippen molar-refractivity contribution in [3.8, 4) is 0 Å². The summed E-state index contributed by atoms with van der Waals surface area (Å²) < 4.78 is 0. The Hall–Kier alpha value is -0.640. The fourth-order valence-corrected chi connectivity index (χ4v) is 3.46. The monoisotopic (exact) mass is 252 g/mol. The van der Waals surface area contributed by atoms with Crippen molar-refractivity contribution >= 4 is 0 Å². The van der Waals surface area contributed by atoms with Crippen LogP contribution in [0.15, 0.2) is 23.3 Å². The molecule has 0 aromatic rings. The van der Waals surface area contributed by atoms with Crippen molar-refractivity contribution in [2.75, 3.05) is 6.61 Å². The van der Waals surface area contributed by atoms with Gasteiger partial charge in [-0.05, 0) is 37.2 Å². The van der Waals surface area contributed by atoms with E-state index in [9.17, 15) is 15.3 Å². The molecule has 0 amide bonds. The number of hydrogen-bond acceptors (Lipinski definition) is 3. The van der Waals surface area contributed by atoms with Crippen LogP contribution < -0.4 is 0 Å². The minimum Gasteiger partial charge on any atom is -0.392 e. The van der Waals surface area contributed by atoms with Gasteiger partial charge in [0.1, 0.15) is 0 Å². The van der Waals surface area contributed by atoms with E-state index in [0.717, 1.165) is 24.0 Å². The van der Waals surface area contributed by atoms with Crippen LogP contribution in [-0.2, 0) is 0 Å². The van der Waals surface area contributed by atoms with Crippen LogP contribution in [0.25, 0.3) is 0 Å². The van der Waals surface area contributed by atoms with Gasteiger partial charge in [0.05, 0.1) is 18.3 Å². The van der Waals surface area contributed by atoms with Crippen molar-refractivity contribution in [3.63, 3.8) is 0 Å². The van der Waals surface area contributed by atoms with Crippen LogP contribution in [0.5, 0.6) is 0 Å². The summed E-state index contributed by atoms with van der Waals surface area (Å²) in [6.45, 7) is 6.04. The summed E-state index contributed by atoms with van der Waals surface area (Å²) in [7, 11) is 0. The van der Waals surface area contributed by atoms with Crippen molar-refractivity contribution in [1.82, 2.24) is 0 Å². The highest BCUT2D eigenvalue weighted by atomic mass is 16.3. The molecule has 0 aromatic heterocycles. The maximum absolute atomic E-state index is 10.9. The molecular weight excluding hydrogens is 228 g/mol. The molecule has 3 N–H and O–H groups in total. The first kappa shape index (κ1) is 13.8. The first-order chi connectivity index (χ1) is 8.30. The van der Waals surface area contributed by atoms with Gasteiger partial charge in [-0.2, -0.15) is 0 Å². The van der Waals surface area contributed by atoms with Crippen LogP contribution in [-0.4, -0.2) is 33.6 Å². The summed E-state index contributed by atoms with van der Waals surface area (Å²) in [6.07, 6.45) is 5.19. The third-order valence-corrected chi connectivity index (χ3v) is 4.83. The van der Waals surface area contributed by atoms with Gasteiger partial charge in [0.2, 0.25) is 0 Å². The second-order valence-electron chi connectivity index (χ2n) is 6.47. The van der Waals surface area contributed by atoms with Gasteiger partial charge in [-0.25, -0.2) is 0 Å². The number of aliphatic hydroxyl groups excluding tert-OH is 2. The van der Waals surface area contributed by atoms with E-state index >= 15 is 0 Å². The zero-order chi connectivity index (χ0) is 13.6. The fourth-order valence-electron chi connectivity index (χ4n) is 3.46. The Balaban J connectivity index is 2.37. The molecular formula is C15H24O3. The molecule has 0 aromatic carbocycles. The van der Waals surface area contributed by atoms with E-state index in [4.69, 9.17) is 0 Å². The highest BCUT2D eigenvalue weighted by Crippen LogP contribution is 2.59. The van der Waals surface area contributed by atoms with E-state index in [2.05, 4.69) is 13.8 Å². The molecule has 1 saturated carbocycles. The lowest BCUT2D eigenvalue weighted by molar-refractivity contribution is -0.193. The molecule has 102 valence electrons. The minimum absolute atomic E-state index is 0.0218. The van der Waals surface area contributed by atoms with E-state index in [1.54, 1.807) is 12.2 Å². The van der Waals surface area contributed by atoms with Gasteiger partial charge in [-0.3, -0.25) is 0 Å². The summed E-state index contributed by atoms with van der Waals surface area (Å²) in [5.74, 6) is -0.0218. The van der Waals surface area contributed by atoms with Gasteiger partial charge in [0.15, 0.2) is 0 Å². The maximum Gasteiger partial charge on any atom is 0.0908 e. The highest BCUT2D eigenvalue weighted by molar-refractivity contribution is 5.28. The van der Waals surface area contributed by atoms with Crippen LogP contribution in [0.2, 0.25) is 0 Å². The summed E-state index contributed by atoms with van der Waals surface area (Å²) in [6, 6.07) is 0. The van der Waals surface area contributed by atoms with E-state index < -0.39 is 11.7 Å². The Morgan fingerprint density at radius 3 is 2.56 bits per heavy atom. The fraction of sp³-hybridized carbons (Fsp3) is 0.733. The van der Waals surface area contributed by atoms with Crippen LogP contribution >= 0.6 is 0 Å². The summed E-state index contributed by atoms with van der Waals surface area (Å²) in [4.78, 5) is 0. The molecule has 0 radical (unpaired) electrons. The summed E-state index contributed by atoms with van der Waals surface area (Å²) >= 11 is 0. The lowest BCUT2D eigenvalue weighted by Gasteiger charge is -2.59. The molecule has 2 aliphatic rings. The molecule has 0 aliphatic heterocycles. The summed E-state index contributed by atoms with van der Waals surface area (Å²) in [5.41, 5.74) is 0.977. The molecule has 3 unspecified atom stereocenters. The van der Waals surface area contributed by atoms with Crippen molar-refractivity contribution in [3.05, 3.63) is 23.3 Å². The topological polar surface area (TPSA) is 60.7 Å². The molecule has 18 heavy (non-hydrogen) atoms. The SMILES string of the molecule is C/C1=C/C(O)/C=C(/CO)C2CC(C)(C)C2(O)CC1. The van der Waals surface area contributed by atoms with Gasteiger partial charge >= 0.3 is 0 Å². The average Bonchev–Trinajstić information content (AvgIpc) is 2.32. The van der Waals surface area contributed by atoms with Gasteiger partial charge in [-0.15, -0.1) is 0 Å². The number of fused-ring (bicyclic) bond motifs is 1. The smallest absolute Gasteiger partial charge is 0.0908 e. The number of aliphatic hydroxyl groups is 3. The lowest BCUT2D eigenvalue weighted by atomic mass is 9.49. The van der Waals surface area contributed by atoms with Crippen molar-refractivity contribution in [2.24, 2.45) is 11.3 Å². The second kappa shape index (κ2) is 4.48. The molecule has 0 heterocycles. The Morgan fingerprint density at radius 1 is 1.33 bits per heavy atom. The first-order valence-corrected chi connectivity index (χ1v) is 6.69. The first-order valence-electron chi connectivity index (χ1n) is 6.69. The van der Waals surface area contributed by atoms with Crippen LogP contribution in [0, 0.1) is 11.3 Å². The molecule has 2 aliphatic carbocycles. The Kier molecular flexibility index (Phi) is 3.43. The van der Waals surface area contributed by atoms with Gasteiger partial charge < -0.3 is 15.3 Å². The zero-order valence-corrected chi connectivity index (χ0v) is 11.5. The normalized spacial score (nSPS) is 45.2. The van der Waals surface area contributed by atoms with Crippen molar-refractivity contribution < 1.29 is 15.3 Å². The minimum atomic E-state index is -0.763. The lowest BCUT2D eigenvalue weighted by Crippen LogP contribution is -2.62. The highest BCUT2D eigenvalue weighted by Gasteiger charge is 2.59. The number of allylic oxidation sites excluding steroid dienone is 1. The molecule has 3 nitrogen and oxygen atoms in total. The average molecular weight is 252 g/mol. The zero-order valence-electron chi connectivity index (χ0n) is 11.5. The van der Waals surface area contributed by atoms with Crippen molar-refractivity contribution in [1.29, 1.82) is 0 Å². The second-order valence-corrected chi connectivity index (χ2v) is 6.47. The van der Waals surface area contributed by atoms with Gasteiger partial charge in [0.25, 0.3) is 0 Å². The van der Waals surface area contributed by atoms with E-state index in [1.807, 2.05) is 6.92 Å². The molecule has 2 rings (SSSR count). The van der Waals surface area contributed by atoms with Gasteiger partial charge in [0, 0.05) is 5.92 Å². The number of rotatable bonds is 1. The Morgan fingerprint density at radius 2 is 2.00 bits per heavy atom.